The molecule has 0 fully saturated rings. The minimum Gasteiger partial charge on any atom is -0.461 e. The fraction of sp³-hybridized carbons (Fsp3) is 0.562. The van der Waals surface area contributed by atoms with Gasteiger partial charge >= 0.3 is 0 Å². The van der Waals surface area contributed by atoms with Gasteiger partial charge in [-0.2, -0.15) is 5.37 Å². The van der Waals surface area contributed by atoms with Crippen molar-refractivity contribution in [3.8, 4) is 0 Å². The minimum atomic E-state index is -3.58. The van der Waals surface area contributed by atoms with Crippen molar-refractivity contribution in [1.82, 2.24) is 4.72 Å². The summed E-state index contributed by atoms with van der Waals surface area (Å²) in [4.78, 5) is 0.154. The molecule has 0 bridgehead atoms. The molecule has 7 heteroatoms. The Morgan fingerprint density at radius 3 is 2.35 bits per heavy atom. The second-order valence-corrected chi connectivity index (χ2v) is 8.71. The average Bonchev–Trinajstić information content (AvgIpc) is 2.51. The lowest BCUT2D eigenvalue weighted by molar-refractivity contribution is 0.587. The number of anilines is 1. The summed E-state index contributed by atoms with van der Waals surface area (Å²) < 4.78 is 38.3. The first kappa shape index (κ1) is 20.0. The van der Waals surface area contributed by atoms with Crippen LogP contribution in [0.25, 0.3) is 0 Å². The predicted molar refractivity (Wildman–Crippen MR) is 98.4 cm³/mol. The summed E-state index contributed by atoms with van der Waals surface area (Å²) in [6.45, 7) is 2.24. The molecule has 0 heterocycles. The molecule has 0 unspecified atom stereocenters. The van der Waals surface area contributed by atoms with E-state index in [0.29, 0.717) is 11.4 Å². The van der Waals surface area contributed by atoms with E-state index in [9.17, 15) is 12.6 Å². The first-order valence-electron chi connectivity index (χ1n) is 8.01. The summed E-state index contributed by atoms with van der Waals surface area (Å²) in [6.07, 6.45) is 6.87. The van der Waals surface area contributed by atoms with Crippen molar-refractivity contribution in [3.05, 3.63) is 24.3 Å². The van der Waals surface area contributed by atoms with Gasteiger partial charge in [0, 0.05) is 12.2 Å². The maximum absolute atomic E-state index is 12.0. The van der Waals surface area contributed by atoms with Crippen LogP contribution >= 0.6 is 0 Å². The maximum atomic E-state index is 12.0. The van der Waals surface area contributed by atoms with Gasteiger partial charge in [0.2, 0.25) is 10.0 Å². The van der Waals surface area contributed by atoms with Crippen molar-refractivity contribution in [2.45, 2.75) is 50.3 Å². The molecule has 1 aromatic carbocycles. The lowest BCUT2D eigenvalue weighted by atomic mass is 10.1. The van der Waals surface area contributed by atoms with Crippen LogP contribution in [0.4, 0.5) is 5.69 Å². The molecular formula is C16H27N2O3S2-. The minimum absolute atomic E-state index is 0.0646. The summed E-state index contributed by atoms with van der Waals surface area (Å²) in [5, 5.41) is 1.51. The number of nitrogen functional groups attached to an aromatic ring is 1. The molecule has 0 spiro atoms. The van der Waals surface area contributed by atoms with Gasteiger partial charge in [0.25, 0.3) is 0 Å². The highest BCUT2D eigenvalue weighted by atomic mass is 32.2. The van der Waals surface area contributed by atoms with Crippen LogP contribution in [0.1, 0.15) is 45.4 Å². The summed E-state index contributed by atoms with van der Waals surface area (Å²) in [5.41, 5.74) is 6.04. The van der Waals surface area contributed by atoms with E-state index >= 15 is 0 Å². The molecule has 3 N–H and O–H groups in total. The lowest BCUT2D eigenvalue weighted by Crippen LogP contribution is -2.26. The number of nitrogens with one attached hydrogen (secondary N) is 1. The first-order chi connectivity index (χ1) is 11.0. The van der Waals surface area contributed by atoms with E-state index in [2.05, 4.69) is 11.6 Å². The fourth-order valence-electron chi connectivity index (χ4n) is 2.07. The van der Waals surface area contributed by atoms with Gasteiger partial charge in [-0.05, 0) is 24.3 Å². The van der Waals surface area contributed by atoms with Gasteiger partial charge < -0.3 is 9.94 Å². The average molecular weight is 360 g/mol. The van der Waals surface area contributed by atoms with Gasteiger partial charge in [-0.3, -0.25) is 10.4 Å². The summed E-state index contributed by atoms with van der Waals surface area (Å²) >= 11 is 0. The zero-order valence-corrected chi connectivity index (χ0v) is 15.3. The van der Waals surface area contributed by atoms with E-state index < -0.39 is 20.4 Å². The number of rotatable bonds is 11. The van der Waals surface area contributed by atoms with Crippen LogP contribution in [0.5, 0.6) is 0 Å². The van der Waals surface area contributed by atoms with Crippen LogP contribution in [-0.2, 0) is 24.6 Å². The number of nitrogens with two attached hydrogens (primary N) is 1. The zero-order valence-electron chi connectivity index (χ0n) is 13.7. The Morgan fingerprint density at radius 1 is 1.09 bits per heavy atom. The summed E-state index contributed by atoms with van der Waals surface area (Å²) in [5.74, 6) is 0.593. The quantitative estimate of drug-likeness (QED) is 0.275. The smallest absolute Gasteiger partial charge is 0.240 e. The van der Waals surface area contributed by atoms with E-state index in [0.717, 1.165) is 12.8 Å². The molecule has 0 radical (unpaired) electrons. The van der Waals surface area contributed by atoms with Crippen LogP contribution in [0.2, 0.25) is 0 Å². The van der Waals surface area contributed by atoms with Gasteiger partial charge in [-0.1, -0.05) is 45.4 Å². The molecule has 0 saturated heterocycles. The molecule has 132 valence electrons. The molecule has 5 nitrogen and oxygen atoms in total. The summed E-state index contributed by atoms with van der Waals surface area (Å²) in [7, 11) is -4.67. The highest BCUT2D eigenvalue weighted by Crippen LogP contribution is 2.10. The van der Waals surface area contributed by atoms with Gasteiger partial charge in [-0.25, -0.2) is 13.1 Å². The predicted octanol–water partition coefficient (Wildman–Crippen LogP) is 2.67. The van der Waals surface area contributed by atoms with Crippen molar-refractivity contribution in [2.75, 3.05) is 18.0 Å². The monoisotopic (exact) mass is 359 g/mol. The van der Waals surface area contributed by atoms with Crippen molar-refractivity contribution in [2.24, 2.45) is 0 Å². The summed E-state index contributed by atoms with van der Waals surface area (Å²) in [6, 6.07) is 5.97. The molecule has 0 aliphatic rings. The molecule has 23 heavy (non-hydrogen) atoms. The number of unbranched alkanes of at least 4 members (excludes halogenated alkanes) is 5. The molecule has 0 aliphatic heterocycles. The van der Waals surface area contributed by atoms with E-state index in [4.69, 9.17) is 5.73 Å². The largest absolute Gasteiger partial charge is 0.461 e. The molecular weight excluding hydrogens is 332 g/mol. The number of hydrogen-bond donors (Lipinski definition) is 2. The van der Waals surface area contributed by atoms with Crippen LogP contribution in [0, 0.1) is 0 Å². The molecule has 0 aliphatic carbocycles. The highest BCUT2D eigenvalue weighted by molar-refractivity contribution is 7.89. The van der Waals surface area contributed by atoms with Crippen molar-refractivity contribution >= 4 is 31.5 Å². The molecule has 0 amide bonds. The van der Waals surface area contributed by atoms with Gasteiger partial charge in [0.05, 0.1) is 4.90 Å². The Kier molecular flexibility index (Phi) is 9.28. The molecule has 0 atom stereocenters. The van der Waals surface area contributed by atoms with Gasteiger partial charge in [0.1, 0.15) is 0 Å². The van der Waals surface area contributed by atoms with E-state index in [1.807, 2.05) is 0 Å². The van der Waals surface area contributed by atoms with Crippen LogP contribution in [-0.4, -0.2) is 26.1 Å². The molecule has 0 aromatic heterocycles. The number of sulfonamides is 1. The fourth-order valence-corrected chi connectivity index (χ4v) is 4.07. The third kappa shape index (κ3) is 8.39. The third-order valence-corrected chi connectivity index (χ3v) is 6.10. The van der Waals surface area contributed by atoms with E-state index in [1.54, 1.807) is 0 Å². The Hall–Kier alpha value is -1.05. The van der Waals surface area contributed by atoms with Crippen molar-refractivity contribution in [1.29, 1.82) is 0 Å². The van der Waals surface area contributed by atoms with Crippen LogP contribution < -0.4 is 10.5 Å². The Labute approximate surface area is 141 Å². The zero-order chi connectivity index (χ0) is 17.1. The second-order valence-electron chi connectivity index (χ2n) is 5.44. The van der Waals surface area contributed by atoms with E-state index in [1.165, 1.54) is 55.3 Å². The standard InChI is InChI=1S/C16H27N2O3S2/c1-2-3-4-5-6-7-13-22(19)14-12-18-23(20,21)16-10-8-15(17)9-11-16/h8-11,14,18H,2-7,12-13,17H2,1H3/q-1. The Bertz CT molecular complexity index is 634. The van der Waals surface area contributed by atoms with Gasteiger partial charge in [0.15, 0.2) is 0 Å². The third-order valence-electron chi connectivity index (χ3n) is 3.43. The number of hydrogen-bond acceptors (Lipinski definition) is 5. The van der Waals surface area contributed by atoms with Crippen LogP contribution in [0.3, 0.4) is 0 Å². The number of benzene rings is 1. The van der Waals surface area contributed by atoms with Crippen molar-refractivity contribution < 1.29 is 12.6 Å². The van der Waals surface area contributed by atoms with Gasteiger partial charge in [-0.15, -0.1) is 5.75 Å². The highest BCUT2D eigenvalue weighted by Gasteiger charge is 2.11. The molecule has 1 aromatic rings. The van der Waals surface area contributed by atoms with E-state index in [-0.39, 0.29) is 11.4 Å². The SMILES string of the molecule is CCCCCCCC[S-](=O)=CCNS(=O)(=O)c1ccc(N)cc1. The normalized spacial score (nSPS) is 13.3. The second kappa shape index (κ2) is 10.7. The Morgan fingerprint density at radius 2 is 1.70 bits per heavy atom. The van der Waals surface area contributed by atoms with Crippen molar-refractivity contribution in [3.63, 3.8) is 0 Å². The Balaban J connectivity index is 2.33. The topological polar surface area (TPSA) is 89.3 Å². The lowest BCUT2D eigenvalue weighted by Gasteiger charge is -2.08. The maximum Gasteiger partial charge on any atom is 0.240 e. The first-order valence-corrected chi connectivity index (χ1v) is 10.9. The molecule has 0 saturated carbocycles. The molecule has 1 rings (SSSR count). The van der Waals surface area contributed by atoms with Crippen LogP contribution in [0.15, 0.2) is 29.2 Å².